The number of likely N-dealkylation sites (tertiary alicyclic amines) is 1. The Hall–Kier alpha value is -0.450. The summed E-state index contributed by atoms with van der Waals surface area (Å²) in [6, 6.07) is 1.11. The first-order valence-electron chi connectivity index (χ1n) is 6.03. The van der Waals surface area contributed by atoms with Gasteiger partial charge in [-0.25, -0.2) is 4.98 Å². The van der Waals surface area contributed by atoms with E-state index >= 15 is 0 Å². The smallest absolute Gasteiger partial charge is 0.110 e. The highest BCUT2D eigenvalue weighted by Gasteiger charge is 2.29. The van der Waals surface area contributed by atoms with Crippen molar-refractivity contribution in [1.82, 2.24) is 9.88 Å². The van der Waals surface area contributed by atoms with Crippen LogP contribution in [0.15, 0.2) is 6.20 Å². The Morgan fingerprint density at radius 3 is 3.12 bits per heavy atom. The minimum Gasteiger partial charge on any atom is -0.396 e. The first-order chi connectivity index (χ1) is 7.72. The summed E-state index contributed by atoms with van der Waals surface area (Å²) in [7, 11) is 0. The van der Waals surface area contributed by atoms with Crippen LogP contribution in [0.2, 0.25) is 0 Å². The summed E-state index contributed by atoms with van der Waals surface area (Å²) in [4.78, 5) is 8.25. The highest BCUT2D eigenvalue weighted by molar-refractivity contribution is 7.11. The van der Waals surface area contributed by atoms with Gasteiger partial charge in [0.05, 0.1) is 6.04 Å². The van der Waals surface area contributed by atoms with Gasteiger partial charge in [0.1, 0.15) is 5.01 Å². The van der Waals surface area contributed by atoms with Crippen LogP contribution in [0.4, 0.5) is 0 Å². The minimum atomic E-state index is 0.222. The van der Waals surface area contributed by atoms with Crippen molar-refractivity contribution >= 4 is 11.3 Å². The molecule has 0 spiro atoms. The van der Waals surface area contributed by atoms with Gasteiger partial charge in [-0.05, 0) is 33.2 Å². The molecule has 4 heteroatoms. The van der Waals surface area contributed by atoms with E-state index in [1.807, 2.05) is 6.20 Å². The molecule has 3 nitrogen and oxygen atoms in total. The van der Waals surface area contributed by atoms with E-state index in [1.165, 1.54) is 29.3 Å². The van der Waals surface area contributed by atoms with Crippen LogP contribution in [-0.2, 0) is 6.42 Å². The number of rotatable bonds is 4. The largest absolute Gasteiger partial charge is 0.396 e. The predicted octanol–water partition coefficient (Wildman–Crippen LogP) is 2.22. The second-order valence-corrected chi connectivity index (χ2v) is 5.77. The van der Waals surface area contributed by atoms with Crippen molar-refractivity contribution in [3.05, 3.63) is 16.1 Å². The molecule has 0 aromatic carbocycles. The second-order valence-electron chi connectivity index (χ2n) is 4.63. The Bertz CT molecular complexity index is 338. The molecule has 1 aliphatic rings. The first kappa shape index (κ1) is 12.0. The van der Waals surface area contributed by atoms with Crippen LogP contribution in [-0.4, -0.2) is 34.2 Å². The fourth-order valence-electron chi connectivity index (χ4n) is 2.37. The molecule has 0 saturated carbocycles. The Morgan fingerprint density at radius 1 is 1.62 bits per heavy atom. The van der Waals surface area contributed by atoms with Crippen molar-refractivity contribution < 1.29 is 5.11 Å². The van der Waals surface area contributed by atoms with E-state index < -0.39 is 0 Å². The summed E-state index contributed by atoms with van der Waals surface area (Å²) in [5.74, 6) is 0. The van der Waals surface area contributed by atoms with Crippen molar-refractivity contribution in [3.63, 3.8) is 0 Å². The molecular formula is C12H20N2OS. The van der Waals surface area contributed by atoms with Crippen LogP contribution in [0, 0.1) is 0 Å². The molecule has 1 fully saturated rings. The molecule has 2 rings (SSSR count). The standard InChI is InChI=1S/C12H20N2OS/c1-9(2)14-6-3-4-11(14)12-13-8-10(16-12)5-7-15/h8-9,11,15H,3-7H2,1-2H3. The fourth-order valence-corrected chi connectivity index (χ4v) is 3.44. The maximum atomic E-state index is 8.90. The van der Waals surface area contributed by atoms with Gasteiger partial charge in [-0.3, -0.25) is 4.90 Å². The molecule has 2 heterocycles. The van der Waals surface area contributed by atoms with Crippen LogP contribution in [0.1, 0.15) is 42.6 Å². The molecule has 1 N–H and O–H groups in total. The van der Waals surface area contributed by atoms with Gasteiger partial charge in [-0.15, -0.1) is 11.3 Å². The van der Waals surface area contributed by atoms with E-state index in [2.05, 4.69) is 23.7 Å². The second kappa shape index (κ2) is 5.25. The molecule has 1 aliphatic heterocycles. The fraction of sp³-hybridized carbons (Fsp3) is 0.750. The molecular weight excluding hydrogens is 220 g/mol. The van der Waals surface area contributed by atoms with Crippen LogP contribution in [0.25, 0.3) is 0 Å². The van der Waals surface area contributed by atoms with Gasteiger partial charge in [0.15, 0.2) is 0 Å². The van der Waals surface area contributed by atoms with E-state index in [0.717, 1.165) is 6.42 Å². The summed E-state index contributed by atoms with van der Waals surface area (Å²) < 4.78 is 0. The van der Waals surface area contributed by atoms with E-state index in [1.54, 1.807) is 11.3 Å². The van der Waals surface area contributed by atoms with E-state index in [0.29, 0.717) is 12.1 Å². The van der Waals surface area contributed by atoms with Gasteiger partial charge in [-0.1, -0.05) is 0 Å². The number of hydrogen-bond donors (Lipinski definition) is 1. The zero-order valence-electron chi connectivity index (χ0n) is 10.0. The van der Waals surface area contributed by atoms with Crippen molar-refractivity contribution in [2.75, 3.05) is 13.2 Å². The van der Waals surface area contributed by atoms with Gasteiger partial charge in [0, 0.05) is 30.1 Å². The average Bonchev–Trinajstić information content (AvgIpc) is 2.83. The zero-order chi connectivity index (χ0) is 11.5. The third kappa shape index (κ3) is 2.44. The van der Waals surface area contributed by atoms with Gasteiger partial charge < -0.3 is 5.11 Å². The molecule has 1 unspecified atom stereocenters. The Kier molecular flexibility index (Phi) is 3.95. The molecule has 1 atom stereocenters. The molecule has 0 bridgehead atoms. The summed E-state index contributed by atoms with van der Waals surface area (Å²) in [6.07, 6.45) is 5.17. The van der Waals surface area contributed by atoms with Gasteiger partial charge in [0.25, 0.3) is 0 Å². The highest BCUT2D eigenvalue weighted by atomic mass is 32.1. The van der Waals surface area contributed by atoms with Crippen LogP contribution in [0.3, 0.4) is 0 Å². The van der Waals surface area contributed by atoms with Crippen LogP contribution in [0.5, 0.6) is 0 Å². The minimum absolute atomic E-state index is 0.222. The summed E-state index contributed by atoms with van der Waals surface area (Å²) in [6.45, 7) is 5.92. The third-order valence-electron chi connectivity index (χ3n) is 3.17. The molecule has 0 amide bonds. The lowest BCUT2D eigenvalue weighted by molar-refractivity contribution is 0.205. The number of aliphatic hydroxyl groups excluding tert-OH is 1. The monoisotopic (exact) mass is 240 g/mol. The van der Waals surface area contributed by atoms with Crippen LogP contribution >= 0.6 is 11.3 Å². The molecule has 1 aromatic heterocycles. The molecule has 1 aromatic rings. The summed E-state index contributed by atoms with van der Waals surface area (Å²) in [5.41, 5.74) is 0. The summed E-state index contributed by atoms with van der Waals surface area (Å²) >= 11 is 1.76. The van der Waals surface area contributed by atoms with E-state index in [-0.39, 0.29) is 6.61 Å². The SMILES string of the molecule is CC(C)N1CCCC1c1ncc(CCO)s1. The van der Waals surface area contributed by atoms with Crippen molar-refractivity contribution in [3.8, 4) is 0 Å². The number of thiazole rings is 1. The molecule has 90 valence electrons. The van der Waals surface area contributed by atoms with Crippen molar-refractivity contribution in [2.24, 2.45) is 0 Å². The van der Waals surface area contributed by atoms with E-state index in [4.69, 9.17) is 5.11 Å². The number of nitrogens with zero attached hydrogens (tertiary/aromatic N) is 2. The quantitative estimate of drug-likeness (QED) is 0.876. The lowest BCUT2D eigenvalue weighted by atomic mass is 10.2. The maximum Gasteiger partial charge on any atom is 0.110 e. The van der Waals surface area contributed by atoms with Crippen molar-refractivity contribution in [2.45, 2.75) is 45.2 Å². The first-order valence-corrected chi connectivity index (χ1v) is 6.85. The normalized spacial score (nSPS) is 22.1. The summed E-state index contributed by atoms with van der Waals surface area (Å²) in [5, 5.41) is 10.1. The lowest BCUT2D eigenvalue weighted by Gasteiger charge is -2.26. The topological polar surface area (TPSA) is 36.4 Å². The Labute approximate surface area is 101 Å². The van der Waals surface area contributed by atoms with Crippen LogP contribution < -0.4 is 0 Å². The zero-order valence-corrected chi connectivity index (χ0v) is 10.8. The number of hydrogen-bond acceptors (Lipinski definition) is 4. The maximum absolute atomic E-state index is 8.90. The third-order valence-corrected chi connectivity index (χ3v) is 4.33. The predicted molar refractivity (Wildman–Crippen MR) is 66.7 cm³/mol. The van der Waals surface area contributed by atoms with Gasteiger partial charge in [0.2, 0.25) is 0 Å². The Morgan fingerprint density at radius 2 is 2.44 bits per heavy atom. The van der Waals surface area contributed by atoms with Gasteiger partial charge >= 0.3 is 0 Å². The molecule has 0 radical (unpaired) electrons. The molecule has 1 saturated heterocycles. The molecule has 0 aliphatic carbocycles. The van der Waals surface area contributed by atoms with Crippen molar-refractivity contribution in [1.29, 1.82) is 0 Å². The molecule has 16 heavy (non-hydrogen) atoms. The number of aromatic nitrogens is 1. The van der Waals surface area contributed by atoms with Gasteiger partial charge in [-0.2, -0.15) is 0 Å². The number of aliphatic hydroxyl groups is 1. The lowest BCUT2D eigenvalue weighted by Crippen LogP contribution is -2.30. The van der Waals surface area contributed by atoms with E-state index in [9.17, 15) is 0 Å². The average molecular weight is 240 g/mol. The highest BCUT2D eigenvalue weighted by Crippen LogP contribution is 2.35. The Balaban J connectivity index is 2.10.